The van der Waals surface area contributed by atoms with Crippen molar-refractivity contribution >= 4 is 45.7 Å². The van der Waals surface area contributed by atoms with E-state index in [0.717, 1.165) is 31.5 Å². The van der Waals surface area contributed by atoms with Gasteiger partial charge < -0.3 is 14.2 Å². The van der Waals surface area contributed by atoms with Gasteiger partial charge in [0.2, 0.25) is 5.62 Å². The summed E-state index contributed by atoms with van der Waals surface area (Å²) in [5.74, 6) is 0. The average molecular weight is 300 g/mol. The Bertz CT molecular complexity index is 287. The summed E-state index contributed by atoms with van der Waals surface area (Å²) in [6.07, 6.45) is 3.97. The van der Waals surface area contributed by atoms with E-state index in [1.54, 1.807) is 18.9 Å². The van der Waals surface area contributed by atoms with Crippen molar-refractivity contribution in [3.05, 3.63) is 0 Å². The molecule has 8 heteroatoms. The molecule has 1 aliphatic rings. The van der Waals surface area contributed by atoms with Crippen molar-refractivity contribution in [3.8, 4) is 0 Å². The molecule has 0 aromatic rings. The predicted octanol–water partition coefficient (Wildman–Crippen LogP) is 2.27. The fourth-order valence-electron chi connectivity index (χ4n) is 1.25. The molecule has 1 unspecified atom stereocenters. The standard InChI is InChI=1S/C8H17N2O2PS3/c1-11-13(14,16-3)9-8(15-2)10-4-6-12-7-5-10/h4-7H2,1-3H3. The Hall–Kier alpha value is 0.740. The Morgan fingerprint density at radius 3 is 2.50 bits per heavy atom. The third kappa shape index (κ3) is 4.20. The highest BCUT2D eigenvalue weighted by molar-refractivity contribution is 8.68. The lowest BCUT2D eigenvalue weighted by atomic mass is 10.5. The van der Waals surface area contributed by atoms with Gasteiger partial charge in [0.05, 0.1) is 13.2 Å². The molecule has 1 fully saturated rings. The molecule has 0 aliphatic carbocycles. The van der Waals surface area contributed by atoms with Gasteiger partial charge >= 0.3 is 0 Å². The molecule has 1 rings (SSSR count). The van der Waals surface area contributed by atoms with E-state index in [4.69, 9.17) is 21.1 Å². The Balaban J connectivity index is 2.78. The van der Waals surface area contributed by atoms with Gasteiger partial charge in [-0.15, -0.1) is 0 Å². The van der Waals surface area contributed by atoms with Gasteiger partial charge in [0.15, 0.2) is 5.17 Å². The van der Waals surface area contributed by atoms with E-state index in [1.165, 1.54) is 11.4 Å². The van der Waals surface area contributed by atoms with Crippen LogP contribution < -0.4 is 0 Å². The first-order valence-corrected chi connectivity index (χ1v) is 10.6. The second-order valence-electron chi connectivity index (χ2n) is 3.02. The van der Waals surface area contributed by atoms with Crippen molar-refractivity contribution < 1.29 is 9.26 Å². The van der Waals surface area contributed by atoms with Crippen molar-refractivity contribution in [3.63, 3.8) is 0 Å². The maximum atomic E-state index is 5.41. The zero-order valence-electron chi connectivity index (χ0n) is 9.71. The van der Waals surface area contributed by atoms with Crippen LogP contribution in [0.15, 0.2) is 4.76 Å². The van der Waals surface area contributed by atoms with Crippen molar-refractivity contribution in [1.82, 2.24) is 4.90 Å². The van der Waals surface area contributed by atoms with Gasteiger partial charge in [-0.1, -0.05) is 23.1 Å². The van der Waals surface area contributed by atoms with Crippen LogP contribution in [0, 0.1) is 0 Å². The summed E-state index contributed by atoms with van der Waals surface area (Å²) in [5.41, 5.74) is -2.09. The van der Waals surface area contributed by atoms with Gasteiger partial charge in [0, 0.05) is 20.2 Å². The maximum absolute atomic E-state index is 5.41. The van der Waals surface area contributed by atoms with E-state index in [1.807, 2.05) is 12.5 Å². The van der Waals surface area contributed by atoms with Crippen molar-refractivity contribution in [2.75, 3.05) is 45.9 Å². The smallest absolute Gasteiger partial charge is 0.233 e. The van der Waals surface area contributed by atoms with Crippen LogP contribution in [0.4, 0.5) is 0 Å². The topological polar surface area (TPSA) is 34.1 Å². The minimum absolute atomic E-state index is 0.759. The fraction of sp³-hybridized carbons (Fsp3) is 0.875. The maximum Gasteiger partial charge on any atom is 0.233 e. The van der Waals surface area contributed by atoms with E-state index < -0.39 is 5.62 Å². The zero-order chi connectivity index (χ0) is 12.0. The van der Waals surface area contributed by atoms with Crippen LogP contribution in [-0.4, -0.2) is 56.0 Å². The summed E-state index contributed by atoms with van der Waals surface area (Å²) < 4.78 is 15.3. The van der Waals surface area contributed by atoms with Gasteiger partial charge in [0.1, 0.15) is 0 Å². The quantitative estimate of drug-likeness (QED) is 0.452. The van der Waals surface area contributed by atoms with Gasteiger partial charge in [0.25, 0.3) is 0 Å². The molecular formula is C8H17N2O2PS3. The number of amidine groups is 1. The minimum Gasteiger partial charge on any atom is -0.378 e. The van der Waals surface area contributed by atoms with Crippen molar-refractivity contribution in [2.45, 2.75) is 0 Å². The first kappa shape index (κ1) is 14.8. The number of morpholine rings is 1. The van der Waals surface area contributed by atoms with Crippen LogP contribution in [0.2, 0.25) is 0 Å². The minimum atomic E-state index is -2.09. The fourth-order valence-corrected chi connectivity index (χ4v) is 4.48. The molecule has 0 aromatic carbocycles. The lowest BCUT2D eigenvalue weighted by Crippen LogP contribution is -2.39. The van der Waals surface area contributed by atoms with Crippen molar-refractivity contribution in [1.29, 1.82) is 0 Å². The molecule has 0 radical (unpaired) electrons. The number of ether oxygens (including phenoxy) is 1. The van der Waals surface area contributed by atoms with Gasteiger partial charge in [-0.05, 0) is 24.3 Å². The van der Waals surface area contributed by atoms with Crippen LogP contribution in [0.5, 0.6) is 0 Å². The Morgan fingerprint density at radius 2 is 2.06 bits per heavy atom. The van der Waals surface area contributed by atoms with Crippen LogP contribution in [0.1, 0.15) is 0 Å². The number of thioether (sulfide) groups is 1. The largest absolute Gasteiger partial charge is 0.378 e. The third-order valence-electron chi connectivity index (χ3n) is 2.13. The highest BCUT2D eigenvalue weighted by Gasteiger charge is 2.19. The zero-order valence-corrected chi connectivity index (χ0v) is 13.1. The van der Waals surface area contributed by atoms with E-state index >= 15 is 0 Å². The number of hydrogen-bond acceptors (Lipinski definition) is 5. The Labute approximate surface area is 110 Å². The highest BCUT2D eigenvalue weighted by atomic mass is 32.9. The van der Waals surface area contributed by atoms with E-state index in [0.29, 0.717) is 0 Å². The monoisotopic (exact) mass is 300 g/mol. The molecule has 0 amide bonds. The van der Waals surface area contributed by atoms with Crippen LogP contribution in [-0.2, 0) is 21.1 Å². The summed E-state index contributed by atoms with van der Waals surface area (Å²) in [7, 11) is 1.64. The second-order valence-corrected chi connectivity index (χ2v) is 10.4. The summed E-state index contributed by atoms with van der Waals surface area (Å²) in [6, 6.07) is 0. The SMILES string of the molecule is COP(=S)(N=C(SC)N1CCOCC1)SC. The predicted molar refractivity (Wildman–Crippen MR) is 78.2 cm³/mol. The molecule has 0 spiro atoms. The number of hydrogen-bond donors (Lipinski definition) is 0. The summed E-state index contributed by atoms with van der Waals surface area (Å²) in [4.78, 5) is 2.21. The lowest BCUT2D eigenvalue weighted by molar-refractivity contribution is 0.0694. The molecule has 94 valence electrons. The van der Waals surface area contributed by atoms with Crippen LogP contribution >= 0.6 is 28.8 Å². The molecular weight excluding hydrogens is 283 g/mol. The second kappa shape index (κ2) is 7.24. The Morgan fingerprint density at radius 1 is 1.44 bits per heavy atom. The Kier molecular flexibility index (Phi) is 6.69. The molecule has 4 nitrogen and oxygen atoms in total. The lowest BCUT2D eigenvalue weighted by Gasteiger charge is -2.29. The normalized spacial score (nSPS) is 21.9. The molecule has 1 aliphatic heterocycles. The van der Waals surface area contributed by atoms with Crippen LogP contribution in [0.25, 0.3) is 0 Å². The van der Waals surface area contributed by atoms with E-state index in [2.05, 4.69) is 9.66 Å². The van der Waals surface area contributed by atoms with Crippen molar-refractivity contribution in [2.24, 2.45) is 4.76 Å². The van der Waals surface area contributed by atoms with E-state index in [-0.39, 0.29) is 0 Å². The molecule has 0 saturated carbocycles. The molecule has 1 atom stereocenters. The number of rotatable bonds is 3. The summed E-state index contributed by atoms with van der Waals surface area (Å²) in [6.45, 7) is 3.28. The van der Waals surface area contributed by atoms with Crippen LogP contribution in [0.3, 0.4) is 0 Å². The molecule has 1 heterocycles. The average Bonchev–Trinajstić information content (AvgIpc) is 2.36. The molecule has 0 aromatic heterocycles. The molecule has 16 heavy (non-hydrogen) atoms. The van der Waals surface area contributed by atoms with Gasteiger partial charge in [-0.3, -0.25) is 0 Å². The van der Waals surface area contributed by atoms with Gasteiger partial charge in [-0.25, -0.2) is 0 Å². The molecule has 0 bridgehead atoms. The molecule has 0 N–H and O–H groups in total. The summed E-state index contributed by atoms with van der Waals surface area (Å²) in [5, 5.41) is 0.975. The summed E-state index contributed by atoms with van der Waals surface area (Å²) >= 11 is 8.56. The van der Waals surface area contributed by atoms with E-state index in [9.17, 15) is 0 Å². The first-order chi connectivity index (χ1) is 7.65. The number of nitrogens with zero attached hydrogens (tertiary/aromatic N) is 2. The van der Waals surface area contributed by atoms with Gasteiger partial charge in [-0.2, -0.15) is 4.76 Å². The first-order valence-electron chi connectivity index (χ1n) is 4.83. The molecule has 1 saturated heterocycles. The third-order valence-corrected chi connectivity index (χ3v) is 8.45. The highest BCUT2D eigenvalue weighted by Crippen LogP contribution is 2.59.